The summed E-state index contributed by atoms with van der Waals surface area (Å²) in [5, 5.41) is 1.18. The highest BCUT2D eigenvalue weighted by molar-refractivity contribution is 6.30. The highest BCUT2D eigenvalue weighted by atomic mass is 35.5. The molecule has 0 N–H and O–H groups in total. The van der Waals surface area contributed by atoms with Crippen LogP contribution in [-0.4, -0.2) is 22.8 Å². The van der Waals surface area contributed by atoms with Crippen LogP contribution in [0, 0.1) is 0 Å². The third-order valence-corrected chi connectivity index (χ3v) is 3.73. The second kappa shape index (κ2) is 6.22. The van der Waals surface area contributed by atoms with Gasteiger partial charge in [-0.05, 0) is 35.4 Å². The fraction of sp³-hybridized carbons (Fsp3) is 0.118. The van der Waals surface area contributed by atoms with E-state index < -0.39 is 17.8 Å². The van der Waals surface area contributed by atoms with E-state index in [0.717, 1.165) is 11.1 Å². The first-order valence-corrected chi connectivity index (χ1v) is 7.36. The lowest BCUT2D eigenvalue weighted by molar-refractivity contribution is -0.172. The first-order chi connectivity index (χ1) is 11.0. The van der Waals surface area contributed by atoms with Crippen LogP contribution < -0.4 is 0 Å². The Bertz CT molecular complexity index is 752. The van der Waals surface area contributed by atoms with E-state index in [1.54, 1.807) is 36.4 Å². The van der Waals surface area contributed by atoms with Gasteiger partial charge in [-0.1, -0.05) is 35.9 Å². The number of benzene rings is 2. The molecule has 5 nitrogen and oxygen atoms in total. The quantitative estimate of drug-likeness (QED) is 0.811. The molecule has 0 aliphatic carbocycles. The van der Waals surface area contributed by atoms with Gasteiger partial charge in [0.15, 0.2) is 0 Å². The van der Waals surface area contributed by atoms with Crippen LogP contribution in [0.15, 0.2) is 48.5 Å². The maximum absolute atomic E-state index is 12.0. The average Bonchev–Trinajstić information content (AvgIpc) is 2.87. The van der Waals surface area contributed by atoms with Gasteiger partial charge in [0, 0.05) is 17.9 Å². The molecule has 1 heterocycles. The summed E-state index contributed by atoms with van der Waals surface area (Å²) in [6.45, 7) is 0. The molecule has 1 fully saturated rings. The minimum atomic E-state index is -0.740. The molecule has 1 aliphatic rings. The van der Waals surface area contributed by atoms with Crippen molar-refractivity contribution in [2.45, 2.75) is 12.8 Å². The summed E-state index contributed by atoms with van der Waals surface area (Å²) >= 11 is 5.85. The molecule has 0 radical (unpaired) electrons. The normalized spacial score (nSPS) is 14.2. The van der Waals surface area contributed by atoms with Gasteiger partial charge >= 0.3 is 5.97 Å². The Labute approximate surface area is 137 Å². The maximum atomic E-state index is 12.0. The third-order valence-electron chi connectivity index (χ3n) is 3.48. The lowest BCUT2D eigenvalue weighted by Crippen LogP contribution is -2.32. The topological polar surface area (TPSA) is 63.7 Å². The van der Waals surface area contributed by atoms with Crippen LogP contribution in [0.3, 0.4) is 0 Å². The molecule has 0 aromatic heterocycles. The Balaban J connectivity index is 1.74. The molecule has 1 saturated heterocycles. The Morgan fingerprint density at radius 1 is 0.870 bits per heavy atom. The lowest BCUT2D eigenvalue weighted by atomic mass is 10.0. The van der Waals surface area contributed by atoms with Gasteiger partial charge in [-0.3, -0.25) is 9.59 Å². The van der Waals surface area contributed by atoms with Crippen molar-refractivity contribution >= 4 is 29.4 Å². The van der Waals surface area contributed by atoms with Crippen molar-refractivity contribution in [3.05, 3.63) is 59.1 Å². The Hall–Kier alpha value is -2.66. The Kier molecular flexibility index (Phi) is 4.12. The van der Waals surface area contributed by atoms with Gasteiger partial charge in [0.2, 0.25) is 0 Å². The number of imide groups is 1. The third kappa shape index (κ3) is 3.24. The number of nitrogens with zero attached hydrogens (tertiary/aromatic N) is 1. The van der Waals surface area contributed by atoms with E-state index in [1.165, 1.54) is 0 Å². The van der Waals surface area contributed by atoms with Crippen LogP contribution in [0.5, 0.6) is 0 Å². The molecule has 116 valence electrons. The van der Waals surface area contributed by atoms with Crippen molar-refractivity contribution in [3.63, 3.8) is 0 Å². The van der Waals surface area contributed by atoms with Gasteiger partial charge in [-0.25, -0.2) is 4.79 Å². The Morgan fingerprint density at radius 3 is 1.87 bits per heavy atom. The lowest BCUT2D eigenvalue weighted by Gasteiger charge is -2.12. The van der Waals surface area contributed by atoms with Crippen molar-refractivity contribution < 1.29 is 19.2 Å². The fourth-order valence-corrected chi connectivity index (χ4v) is 2.36. The molecule has 2 amide bonds. The number of hydrogen-bond donors (Lipinski definition) is 0. The predicted octanol–water partition coefficient (Wildman–Crippen LogP) is 3.23. The summed E-state index contributed by atoms with van der Waals surface area (Å²) in [6, 6.07) is 14.0. The average molecular weight is 330 g/mol. The number of amides is 2. The molecule has 1 aliphatic heterocycles. The van der Waals surface area contributed by atoms with E-state index in [-0.39, 0.29) is 18.4 Å². The largest absolute Gasteiger partial charge is 0.363 e. The number of hydroxylamine groups is 2. The fourth-order valence-electron chi connectivity index (χ4n) is 2.23. The van der Waals surface area contributed by atoms with Crippen LogP contribution in [0.2, 0.25) is 5.02 Å². The molecule has 2 aromatic rings. The van der Waals surface area contributed by atoms with Gasteiger partial charge in [0.25, 0.3) is 11.8 Å². The van der Waals surface area contributed by atoms with E-state index in [0.29, 0.717) is 10.1 Å². The Morgan fingerprint density at radius 2 is 1.35 bits per heavy atom. The molecule has 0 unspecified atom stereocenters. The summed E-state index contributed by atoms with van der Waals surface area (Å²) in [4.78, 5) is 39.7. The first-order valence-electron chi connectivity index (χ1n) is 6.99. The zero-order chi connectivity index (χ0) is 16.4. The van der Waals surface area contributed by atoms with Crippen LogP contribution >= 0.6 is 11.6 Å². The molecular formula is C17H12ClNO4. The number of rotatable bonds is 3. The van der Waals surface area contributed by atoms with Crippen LogP contribution in [0.4, 0.5) is 0 Å². The van der Waals surface area contributed by atoms with Crippen molar-refractivity contribution in [1.29, 1.82) is 0 Å². The van der Waals surface area contributed by atoms with E-state index in [9.17, 15) is 14.4 Å². The standard InChI is InChI=1S/C17H12ClNO4/c18-14-7-5-12(6-8-14)11-1-3-13(4-2-11)17(22)23-19-15(20)9-10-16(19)21/h1-8H,9-10H2. The summed E-state index contributed by atoms with van der Waals surface area (Å²) in [5.74, 6) is -1.74. The van der Waals surface area contributed by atoms with E-state index >= 15 is 0 Å². The number of hydrogen-bond acceptors (Lipinski definition) is 4. The zero-order valence-electron chi connectivity index (χ0n) is 12.0. The zero-order valence-corrected chi connectivity index (χ0v) is 12.7. The smallest absolute Gasteiger partial charge is 0.325 e. The van der Waals surface area contributed by atoms with E-state index in [2.05, 4.69) is 0 Å². The summed E-state index contributed by atoms with van der Waals surface area (Å²) in [7, 11) is 0. The summed E-state index contributed by atoms with van der Waals surface area (Å²) in [5.41, 5.74) is 2.13. The molecule has 23 heavy (non-hydrogen) atoms. The van der Waals surface area contributed by atoms with Crippen LogP contribution in [-0.2, 0) is 14.4 Å². The van der Waals surface area contributed by atoms with Gasteiger partial charge < -0.3 is 4.84 Å². The van der Waals surface area contributed by atoms with Crippen LogP contribution in [0.25, 0.3) is 11.1 Å². The van der Waals surface area contributed by atoms with Crippen molar-refractivity contribution in [2.24, 2.45) is 0 Å². The molecule has 0 spiro atoms. The monoisotopic (exact) mass is 329 g/mol. The number of carbonyl (C=O) groups is 3. The van der Waals surface area contributed by atoms with Crippen molar-refractivity contribution in [2.75, 3.05) is 0 Å². The van der Waals surface area contributed by atoms with Gasteiger partial charge in [0.05, 0.1) is 5.56 Å². The highest BCUT2D eigenvalue weighted by Gasteiger charge is 2.33. The van der Waals surface area contributed by atoms with Gasteiger partial charge in [-0.2, -0.15) is 0 Å². The van der Waals surface area contributed by atoms with Gasteiger partial charge in [0.1, 0.15) is 0 Å². The number of halogens is 1. The SMILES string of the molecule is O=C(ON1C(=O)CCC1=O)c1ccc(-c2ccc(Cl)cc2)cc1. The molecule has 0 bridgehead atoms. The maximum Gasteiger partial charge on any atom is 0.363 e. The predicted molar refractivity (Wildman–Crippen MR) is 83.4 cm³/mol. The minimum absolute atomic E-state index is 0.0710. The minimum Gasteiger partial charge on any atom is -0.325 e. The summed E-state index contributed by atoms with van der Waals surface area (Å²) in [6.07, 6.45) is 0.142. The molecule has 0 atom stereocenters. The molecule has 2 aromatic carbocycles. The van der Waals surface area contributed by atoms with Crippen molar-refractivity contribution in [3.8, 4) is 11.1 Å². The van der Waals surface area contributed by atoms with Crippen molar-refractivity contribution in [1.82, 2.24) is 5.06 Å². The second-order valence-corrected chi connectivity index (χ2v) is 5.48. The molecular weight excluding hydrogens is 318 g/mol. The molecule has 3 rings (SSSR count). The van der Waals surface area contributed by atoms with Crippen LogP contribution in [0.1, 0.15) is 23.2 Å². The molecule has 0 saturated carbocycles. The highest BCUT2D eigenvalue weighted by Crippen LogP contribution is 2.22. The van der Waals surface area contributed by atoms with Gasteiger partial charge in [-0.15, -0.1) is 5.06 Å². The van der Waals surface area contributed by atoms with E-state index in [4.69, 9.17) is 16.4 Å². The van der Waals surface area contributed by atoms with E-state index in [1.807, 2.05) is 12.1 Å². The summed E-state index contributed by atoms with van der Waals surface area (Å²) < 4.78 is 0. The molecule has 6 heteroatoms. The first kappa shape index (κ1) is 15.2. The second-order valence-electron chi connectivity index (χ2n) is 5.04. The number of carbonyl (C=O) groups excluding carboxylic acids is 3.